The van der Waals surface area contributed by atoms with Gasteiger partial charge in [0.25, 0.3) is 0 Å². The Labute approximate surface area is 228 Å². The van der Waals surface area contributed by atoms with Crippen molar-refractivity contribution in [1.82, 2.24) is 4.90 Å². The molecule has 3 rings (SSSR count). The Kier molecular flexibility index (Phi) is 10.8. The minimum Gasteiger partial charge on any atom is -0.493 e. The number of nitrogens with zero attached hydrogens (tertiary/aromatic N) is 1. The molecule has 0 aromatic heterocycles. The van der Waals surface area contributed by atoms with Crippen LogP contribution in [0.4, 0.5) is 4.79 Å². The minimum absolute atomic E-state index is 0.196. The summed E-state index contributed by atoms with van der Waals surface area (Å²) in [6.07, 6.45) is 2.61. The van der Waals surface area contributed by atoms with E-state index in [1.54, 1.807) is 21.3 Å². The molecule has 214 valence electrons. The van der Waals surface area contributed by atoms with E-state index in [9.17, 15) is 9.59 Å². The fourth-order valence-electron chi connectivity index (χ4n) is 4.50. The van der Waals surface area contributed by atoms with Crippen molar-refractivity contribution in [3.63, 3.8) is 0 Å². The lowest BCUT2D eigenvalue weighted by molar-refractivity contribution is -0.150. The van der Waals surface area contributed by atoms with Gasteiger partial charge in [-0.1, -0.05) is 0 Å². The van der Waals surface area contributed by atoms with Crippen LogP contribution in [0.5, 0.6) is 40.2 Å². The van der Waals surface area contributed by atoms with Gasteiger partial charge in [-0.3, -0.25) is 4.90 Å². The summed E-state index contributed by atoms with van der Waals surface area (Å²) in [5, 5.41) is 0. The highest BCUT2D eigenvalue weighted by Crippen LogP contribution is 2.41. The van der Waals surface area contributed by atoms with Crippen LogP contribution >= 0.6 is 0 Å². The number of hydrogen-bond donors (Lipinski definition) is 0. The number of amides is 1. The summed E-state index contributed by atoms with van der Waals surface area (Å²) < 4.78 is 43.3. The minimum atomic E-state index is -0.727. The van der Waals surface area contributed by atoms with Crippen molar-refractivity contribution in [1.29, 1.82) is 0 Å². The Morgan fingerprint density at radius 1 is 0.769 bits per heavy atom. The zero-order valence-corrected chi connectivity index (χ0v) is 23.4. The number of benzene rings is 2. The molecule has 11 heteroatoms. The fraction of sp³-hybridized carbons (Fsp3) is 0.500. The van der Waals surface area contributed by atoms with Gasteiger partial charge in [0.15, 0.2) is 23.0 Å². The standard InChI is InChI=1S/C28H37NO10/c1-32-21-14-18(15-22(33-2)25(21)36-5)10-9-13-38-27(30)20-11-7-8-12-29(20)28(31)39-19-16-23(34-3)26(37-6)24(17-19)35-4/h14-17,20H,7-13H2,1-6H3/t20-/m0/s1. The molecule has 1 aliphatic rings. The van der Waals surface area contributed by atoms with Crippen LogP contribution < -0.4 is 33.2 Å². The van der Waals surface area contributed by atoms with Crippen molar-refractivity contribution in [2.75, 3.05) is 55.8 Å². The van der Waals surface area contributed by atoms with Crippen LogP contribution in [0.25, 0.3) is 0 Å². The number of ether oxygens (including phenoxy) is 8. The van der Waals surface area contributed by atoms with E-state index in [0.29, 0.717) is 60.3 Å². The molecule has 0 spiro atoms. The molecule has 0 saturated carbocycles. The Bertz CT molecular complexity index is 1090. The molecule has 0 unspecified atom stereocenters. The molecule has 1 atom stereocenters. The largest absolute Gasteiger partial charge is 0.493 e. The van der Waals surface area contributed by atoms with Gasteiger partial charge in [-0.2, -0.15) is 0 Å². The zero-order chi connectivity index (χ0) is 28.4. The monoisotopic (exact) mass is 547 g/mol. The Balaban J connectivity index is 1.61. The lowest BCUT2D eigenvalue weighted by Crippen LogP contribution is -2.49. The van der Waals surface area contributed by atoms with Crippen LogP contribution in [-0.4, -0.2) is 78.8 Å². The third-order valence-electron chi connectivity index (χ3n) is 6.43. The molecule has 0 radical (unpaired) electrons. The van der Waals surface area contributed by atoms with Crippen LogP contribution in [0.3, 0.4) is 0 Å². The van der Waals surface area contributed by atoms with E-state index in [1.165, 1.54) is 38.4 Å². The highest BCUT2D eigenvalue weighted by Gasteiger charge is 2.35. The number of carbonyl (C=O) groups is 2. The number of likely N-dealkylation sites (tertiary alicyclic amines) is 1. The summed E-state index contributed by atoms with van der Waals surface area (Å²) in [5.41, 5.74) is 0.953. The predicted octanol–water partition coefficient (Wildman–Crippen LogP) is 4.27. The molecule has 0 bridgehead atoms. The molecule has 39 heavy (non-hydrogen) atoms. The second-order valence-corrected chi connectivity index (χ2v) is 8.74. The van der Waals surface area contributed by atoms with Gasteiger partial charge in [-0.05, 0) is 49.8 Å². The number of rotatable bonds is 12. The summed E-state index contributed by atoms with van der Waals surface area (Å²) in [6.45, 7) is 0.580. The average Bonchev–Trinajstić information content (AvgIpc) is 2.97. The average molecular weight is 548 g/mol. The van der Waals surface area contributed by atoms with Crippen LogP contribution in [0.1, 0.15) is 31.2 Å². The highest BCUT2D eigenvalue weighted by atomic mass is 16.6. The molecule has 2 aromatic carbocycles. The number of aryl methyl sites for hydroxylation is 1. The van der Waals surface area contributed by atoms with Crippen molar-refractivity contribution in [2.24, 2.45) is 0 Å². The Morgan fingerprint density at radius 3 is 1.82 bits per heavy atom. The molecular formula is C28H37NO10. The first kappa shape index (κ1) is 29.5. The molecular weight excluding hydrogens is 510 g/mol. The summed E-state index contributed by atoms with van der Waals surface area (Å²) in [6, 6.07) is 6.06. The first-order valence-corrected chi connectivity index (χ1v) is 12.6. The van der Waals surface area contributed by atoms with E-state index < -0.39 is 18.1 Å². The molecule has 11 nitrogen and oxygen atoms in total. The maximum absolute atomic E-state index is 13.1. The molecule has 1 amide bonds. The summed E-state index contributed by atoms with van der Waals surface area (Å²) >= 11 is 0. The van der Waals surface area contributed by atoms with Gasteiger partial charge in [0, 0.05) is 18.7 Å². The molecule has 1 heterocycles. The van der Waals surface area contributed by atoms with Gasteiger partial charge in [0.2, 0.25) is 11.5 Å². The lowest BCUT2D eigenvalue weighted by atomic mass is 10.0. The Morgan fingerprint density at radius 2 is 1.31 bits per heavy atom. The third kappa shape index (κ3) is 7.10. The maximum Gasteiger partial charge on any atom is 0.415 e. The quantitative estimate of drug-likeness (QED) is 0.282. The zero-order valence-electron chi connectivity index (χ0n) is 23.4. The number of hydrogen-bond acceptors (Lipinski definition) is 10. The molecule has 1 saturated heterocycles. The molecule has 0 N–H and O–H groups in total. The predicted molar refractivity (Wildman–Crippen MR) is 142 cm³/mol. The number of esters is 1. The second-order valence-electron chi connectivity index (χ2n) is 8.74. The maximum atomic E-state index is 13.1. The van der Waals surface area contributed by atoms with E-state index in [1.807, 2.05) is 12.1 Å². The smallest absolute Gasteiger partial charge is 0.415 e. The van der Waals surface area contributed by atoms with Crippen molar-refractivity contribution in [3.8, 4) is 40.2 Å². The summed E-state index contributed by atoms with van der Waals surface area (Å²) in [5.74, 6) is 2.47. The van der Waals surface area contributed by atoms with Gasteiger partial charge in [0.05, 0.1) is 49.3 Å². The van der Waals surface area contributed by atoms with Gasteiger partial charge in [0.1, 0.15) is 11.8 Å². The normalized spacial score (nSPS) is 14.7. The van der Waals surface area contributed by atoms with E-state index in [4.69, 9.17) is 37.9 Å². The molecule has 1 aliphatic heterocycles. The van der Waals surface area contributed by atoms with E-state index in [-0.39, 0.29) is 12.4 Å². The van der Waals surface area contributed by atoms with Gasteiger partial charge in [-0.15, -0.1) is 0 Å². The van der Waals surface area contributed by atoms with Crippen molar-refractivity contribution >= 4 is 12.1 Å². The van der Waals surface area contributed by atoms with E-state index >= 15 is 0 Å². The van der Waals surface area contributed by atoms with Crippen molar-refractivity contribution in [3.05, 3.63) is 29.8 Å². The molecule has 2 aromatic rings. The Hall–Kier alpha value is -4.02. The van der Waals surface area contributed by atoms with Crippen LogP contribution in [-0.2, 0) is 16.0 Å². The van der Waals surface area contributed by atoms with Crippen LogP contribution in [0, 0.1) is 0 Å². The number of piperidine rings is 1. The second kappa shape index (κ2) is 14.2. The number of methoxy groups -OCH3 is 6. The van der Waals surface area contributed by atoms with E-state index in [2.05, 4.69) is 0 Å². The van der Waals surface area contributed by atoms with Gasteiger partial charge < -0.3 is 37.9 Å². The number of carbonyl (C=O) groups excluding carboxylic acids is 2. The molecule has 0 aliphatic carbocycles. The van der Waals surface area contributed by atoms with Gasteiger partial charge in [-0.25, -0.2) is 9.59 Å². The van der Waals surface area contributed by atoms with Crippen LogP contribution in [0.2, 0.25) is 0 Å². The van der Waals surface area contributed by atoms with E-state index in [0.717, 1.165) is 18.4 Å². The van der Waals surface area contributed by atoms with Crippen molar-refractivity contribution < 1.29 is 47.5 Å². The topological polar surface area (TPSA) is 111 Å². The summed E-state index contributed by atoms with van der Waals surface area (Å²) in [7, 11) is 9.11. The SMILES string of the molecule is COc1cc(CCCOC(=O)[C@@H]2CCCCN2C(=O)Oc2cc(OC)c(OC)c(OC)c2)cc(OC)c1OC. The van der Waals surface area contributed by atoms with Gasteiger partial charge >= 0.3 is 12.1 Å². The van der Waals surface area contributed by atoms with Crippen molar-refractivity contribution in [2.45, 2.75) is 38.1 Å². The summed E-state index contributed by atoms with van der Waals surface area (Å²) in [4.78, 5) is 27.4. The molecule has 1 fully saturated rings. The fourth-order valence-corrected chi connectivity index (χ4v) is 4.50. The lowest BCUT2D eigenvalue weighted by Gasteiger charge is -2.33. The highest BCUT2D eigenvalue weighted by molar-refractivity contribution is 5.82. The third-order valence-corrected chi connectivity index (χ3v) is 6.43. The first-order valence-electron chi connectivity index (χ1n) is 12.6. The van der Waals surface area contributed by atoms with Crippen LogP contribution in [0.15, 0.2) is 24.3 Å². The first-order chi connectivity index (χ1) is 18.9.